The van der Waals surface area contributed by atoms with Crippen LogP contribution in [0, 0.1) is 11.7 Å². The minimum Gasteiger partial charge on any atom is -0.505 e. The van der Waals surface area contributed by atoms with Crippen molar-refractivity contribution in [3.8, 4) is 5.75 Å². The van der Waals surface area contributed by atoms with Gasteiger partial charge in [0.1, 0.15) is 0 Å². The summed E-state index contributed by atoms with van der Waals surface area (Å²) >= 11 is 0. The van der Waals surface area contributed by atoms with Crippen LogP contribution in [0.3, 0.4) is 0 Å². The lowest BCUT2D eigenvalue weighted by molar-refractivity contribution is -0.117. The number of aliphatic hydroxyl groups excluding tert-OH is 1. The summed E-state index contributed by atoms with van der Waals surface area (Å²) < 4.78 is 12.8. The second-order valence-corrected chi connectivity index (χ2v) is 3.89. The number of aliphatic hydroxyl groups is 1. The van der Waals surface area contributed by atoms with Gasteiger partial charge < -0.3 is 15.1 Å². The predicted molar refractivity (Wildman–Crippen MR) is 55.6 cm³/mol. The Bertz CT molecular complexity index is 422. The van der Waals surface area contributed by atoms with Gasteiger partial charge >= 0.3 is 0 Å². The van der Waals surface area contributed by atoms with Crippen LogP contribution in [0.2, 0.25) is 0 Å². The molecule has 1 aromatic rings. The monoisotopic (exact) mass is 225 g/mol. The summed E-state index contributed by atoms with van der Waals surface area (Å²) in [5, 5.41) is 18.2. The van der Waals surface area contributed by atoms with Crippen molar-refractivity contribution in [3.63, 3.8) is 0 Å². The Morgan fingerprint density at radius 2 is 2.25 bits per heavy atom. The second-order valence-electron chi connectivity index (χ2n) is 3.89. The molecule has 1 aromatic carbocycles. The normalized spacial score (nSPS) is 20.5. The Morgan fingerprint density at radius 3 is 2.81 bits per heavy atom. The summed E-state index contributed by atoms with van der Waals surface area (Å²) in [5.74, 6) is -1.39. The van der Waals surface area contributed by atoms with Crippen LogP contribution in [0.1, 0.15) is 6.42 Å². The summed E-state index contributed by atoms with van der Waals surface area (Å²) in [7, 11) is 0. The molecular weight excluding hydrogens is 213 g/mol. The van der Waals surface area contributed by atoms with Crippen molar-refractivity contribution >= 4 is 11.6 Å². The summed E-state index contributed by atoms with van der Waals surface area (Å²) in [6.45, 7) is 0.357. The van der Waals surface area contributed by atoms with E-state index in [1.807, 2.05) is 0 Å². The fraction of sp³-hybridized carbons (Fsp3) is 0.364. The van der Waals surface area contributed by atoms with Gasteiger partial charge in [-0.2, -0.15) is 0 Å². The zero-order valence-corrected chi connectivity index (χ0v) is 8.56. The van der Waals surface area contributed by atoms with Crippen molar-refractivity contribution in [2.45, 2.75) is 6.42 Å². The van der Waals surface area contributed by atoms with Gasteiger partial charge in [-0.3, -0.25) is 4.79 Å². The van der Waals surface area contributed by atoms with Crippen LogP contribution < -0.4 is 4.90 Å². The minimum absolute atomic E-state index is 0.0462. The zero-order chi connectivity index (χ0) is 11.7. The Kier molecular flexibility index (Phi) is 2.78. The molecule has 16 heavy (non-hydrogen) atoms. The van der Waals surface area contributed by atoms with E-state index in [0.717, 1.165) is 6.07 Å². The highest BCUT2D eigenvalue weighted by Crippen LogP contribution is 2.28. The molecule has 2 rings (SSSR count). The zero-order valence-electron chi connectivity index (χ0n) is 8.56. The predicted octanol–water partition coefficient (Wildman–Crippen LogP) is 0.876. The molecule has 1 fully saturated rings. The standard InChI is InChI=1S/C11H12FNO3/c12-9-2-1-8(4-10(9)15)13-5-7(6-14)3-11(13)16/h1-2,4,7,14-15H,3,5-6H2. The van der Waals surface area contributed by atoms with Gasteiger partial charge in [0.05, 0.1) is 0 Å². The molecule has 0 radical (unpaired) electrons. The maximum atomic E-state index is 12.8. The number of carbonyl (C=O) groups excluding carboxylic acids is 1. The maximum Gasteiger partial charge on any atom is 0.227 e. The first-order valence-electron chi connectivity index (χ1n) is 5.01. The lowest BCUT2D eigenvalue weighted by atomic mass is 10.1. The van der Waals surface area contributed by atoms with E-state index in [9.17, 15) is 14.3 Å². The van der Waals surface area contributed by atoms with E-state index in [-0.39, 0.29) is 24.9 Å². The first-order valence-corrected chi connectivity index (χ1v) is 5.01. The number of hydrogen-bond donors (Lipinski definition) is 2. The lowest BCUT2D eigenvalue weighted by Gasteiger charge is -2.16. The van der Waals surface area contributed by atoms with Crippen molar-refractivity contribution in [1.29, 1.82) is 0 Å². The van der Waals surface area contributed by atoms with Crippen molar-refractivity contribution in [1.82, 2.24) is 0 Å². The minimum atomic E-state index is -0.714. The average molecular weight is 225 g/mol. The first-order chi connectivity index (χ1) is 7.61. The number of phenols is 1. The van der Waals surface area contributed by atoms with Crippen LogP contribution in [-0.4, -0.2) is 29.3 Å². The summed E-state index contributed by atoms with van der Waals surface area (Å²) in [5.41, 5.74) is 0.458. The van der Waals surface area contributed by atoms with Crippen molar-refractivity contribution in [2.24, 2.45) is 5.92 Å². The third kappa shape index (κ3) is 1.86. The quantitative estimate of drug-likeness (QED) is 0.785. The van der Waals surface area contributed by atoms with E-state index in [1.54, 1.807) is 0 Å². The summed E-state index contributed by atoms with van der Waals surface area (Å²) in [6.07, 6.45) is 0.286. The van der Waals surface area contributed by atoms with Crippen LogP contribution in [-0.2, 0) is 4.79 Å². The number of halogens is 1. The number of hydrogen-bond acceptors (Lipinski definition) is 3. The SMILES string of the molecule is O=C1CC(CO)CN1c1ccc(F)c(O)c1. The fourth-order valence-corrected chi connectivity index (χ4v) is 1.82. The summed E-state index contributed by atoms with van der Waals surface area (Å²) in [4.78, 5) is 13.0. The first kappa shape index (κ1) is 10.9. The molecule has 86 valence electrons. The Balaban J connectivity index is 2.24. The average Bonchev–Trinajstić information content (AvgIpc) is 2.64. The molecule has 1 heterocycles. The molecule has 1 unspecified atom stereocenters. The Labute approximate surface area is 91.9 Å². The van der Waals surface area contributed by atoms with E-state index < -0.39 is 11.6 Å². The highest BCUT2D eigenvalue weighted by atomic mass is 19.1. The molecule has 1 saturated heterocycles. The smallest absolute Gasteiger partial charge is 0.227 e. The van der Waals surface area contributed by atoms with Crippen LogP contribution in [0.5, 0.6) is 5.75 Å². The van der Waals surface area contributed by atoms with Gasteiger partial charge in [0.2, 0.25) is 5.91 Å². The van der Waals surface area contributed by atoms with Gasteiger partial charge in [-0.15, -0.1) is 0 Å². The largest absolute Gasteiger partial charge is 0.505 e. The maximum absolute atomic E-state index is 12.8. The van der Waals surface area contributed by atoms with Crippen molar-refractivity contribution in [3.05, 3.63) is 24.0 Å². The molecule has 0 saturated carbocycles. The van der Waals surface area contributed by atoms with Crippen molar-refractivity contribution < 1.29 is 19.4 Å². The number of phenolic OH excluding ortho intramolecular Hbond substituents is 1. The van der Waals surface area contributed by atoms with Crippen LogP contribution in [0.25, 0.3) is 0 Å². The van der Waals surface area contributed by atoms with Crippen LogP contribution >= 0.6 is 0 Å². The molecule has 0 bridgehead atoms. The van der Waals surface area contributed by atoms with Crippen LogP contribution in [0.15, 0.2) is 18.2 Å². The number of carbonyl (C=O) groups is 1. The van der Waals surface area contributed by atoms with E-state index in [4.69, 9.17) is 5.11 Å². The molecule has 0 spiro atoms. The molecule has 5 heteroatoms. The van der Waals surface area contributed by atoms with Gasteiger partial charge in [0.25, 0.3) is 0 Å². The lowest BCUT2D eigenvalue weighted by Crippen LogP contribution is -2.24. The molecule has 0 aliphatic carbocycles. The number of anilines is 1. The molecule has 1 amide bonds. The highest BCUT2D eigenvalue weighted by molar-refractivity contribution is 5.95. The summed E-state index contributed by atoms with van der Waals surface area (Å²) in [6, 6.07) is 3.77. The molecule has 2 N–H and O–H groups in total. The van der Waals surface area contributed by atoms with Crippen LogP contribution in [0.4, 0.5) is 10.1 Å². The molecular formula is C11H12FNO3. The second kappa shape index (κ2) is 4.09. The Hall–Kier alpha value is -1.62. The number of rotatable bonds is 2. The Morgan fingerprint density at radius 1 is 1.50 bits per heavy atom. The van der Waals surface area contributed by atoms with E-state index >= 15 is 0 Å². The van der Waals surface area contributed by atoms with E-state index in [2.05, 4.69) is 0 Å². The number of nitrogens with zero attached hydrogens (tertiary/aromatic N) is 1. The molecule has 1 aliphatic heterocycles. The fourth-order valence-electron chi connectivity index (χ4n) is 1.82. The molecule has 0 aromatic heterocycles. The van der Waals surface area contributed by atoms with Gasteiger partial charge in [0, 0.05) is 37.2 Å². The van der Waals surface area contributed by atoms with Gasteiger partial charge in [-0.05, 0) is 12.1 Å². The van der Waals surface area contributed by atoms with E-state index in [1.165, 1.54) is 17.0 Å². The molecule has 1 atom stereocenters. The molecule has 1 aliphatic rings. The number of aromatic hydroxyl groups is 1. The van der Waals surface area contributed by atoms with E-state index in [0.29, 0.717) is 12.2 Å². The third-order valence-electron chi connectivity index (χ3n) is 2.70. The molecule has 4 nitrogen and oxygen atoms in total. The topological polar surface area (TPSA) is 60.8 Å². The van der Waals surface area contributed by atoms with Gasteiger partial charge in [-0.1, -0.05) is 0 Å². The van der Waals surface area contributed by atoms with Crippen molar-refractivity contribution in [2.75, 3.05) is 18.1 Å². The third-order valence-corrected chi connectivity index (χ3v) is 2.70. The number of amides is 1. The van der Waals surface area contributed by atoms with Gasteiger partial charge in [-0.25, -0.2) is 4.39 Å². The van der Waals surface area contributed by atoms with Gasteiger partial charge in [0.15, 0.2) is 11.6 Å². The number of benzene rings is 1. The highest BCUT2D eigenvalue weighted by Gasteiger charge is 2.30.